The molecule has 0 saturated carbocycles. The second-order valence-electron chi connectivity index (χ2n) is 12.0. The second kappa shape index (κ2) is 13.1. The molecule has 9 rings (SSSR count). The first-order chi connectivity index (χ1) is 23.8. The van der Waals surface area contributed by atoms with Crippen molar-refractivity contribution in [3.05, 3.63) is 168 Å². The molecule has 5 heteroatoms. The Hall–Kier alpha value is -5.60. The van der Waals surface area contributed by atoms with Crippen LogP contribution in [0.3, 0.4) is 0 Å². The van der Waals surface area contributed by atoms with Crippen LogP contribution in [0.4, 0.5) is 0 Å². The van der Waals surface area contributed by atoms with Crippen LogP contribution < -0.4 is 0 Å². The maximum absolute atomic E-state index is 5.35. The van der Waals surface area contributed by atoms with Crippen LogP contribution in [-0.2, 0) is 0 Å². The Bertz CT molecular complexity index is 2180. The number of fused-ring (bicyclic) bond motifs is 8. The van der Waals surface area contributed by atoms with E-state index < -0.39 is 0 Å². The Morgan fingerprint density at radius 1 is 0.286 bits per heavy atom. The van der Waals surface area contributed by atoms with Crippen molar-refractivity contribution in [3.63, 3.8) is 0 Å². The van der Waals surface area contributed by atoms with Crippen molar-refractivity contribution in [1.29, 1.82) is 0 Å². The fraction of sp³-hybridized carbons (Fsp3) is 0. The summed E-state index contributed by atoms with van der Waals surface area (Å²) in [5.74, 6) is 0. The summed E-state index contributed by atoms with van der Waals surface area (Å²) >= 11 is 0. The van der Waals surface area contributed by atoms with Gasteiger partial charge in [0, 0.05) is 44.3 Å². The molecule has 2 radical (unpaired) electrons. The van der Waals surface area contributed by atoms with Gasteiger partial charge in [-0.05, 0) is 70.8 Å². The summed E-state index contributed by atoms with van der Waals surface area (Å²) in [6.07, 6.45) is 8.54. The van der Waals surface area contributed by atoms with Gasteiger partial charge < -0.3 is 9.97 Å². The number of benzene rings is 4. The molecule has 4 nitrogen and oxygen atoms in total. The van der Waals surface area contributed by atoms with E-state index in [1.165, 1.54) is 0 Å². The van der Waals surface area contributed by atoms with Gasteiger partial charge in [0.2, 0.25) is 0 Å². The van der Waals surface area contributed by atoms with Crippen molar-refractivity contribution >= 4 is 73.7 Å². The Balaban J connectivity index is 0.00000348. The first-order valence-electron chi connectivity index (χ1n) is 16.2. The Morgan fingerprint density at radius 3 is 0.735 bits per heavy atom. The van der Waals surface area contributed by atoms with Crippen LogP contribution in [0, 0.1) is 0 Å². The van der Waals surface area contributed by atoms with Crippen LogP contribution in [-0.4, -0.2) is 47.2 Å². The number of rotatable bonds is 4. The summed E-state index contributed by atoms with van der Waals surface area (Å²) in [5.41, 5.74) is 16.2. The van der Waals surface area contributed by atoms with E-state index in [9.17, 15) is 0 Å². The van der Waals surface area contributed by atoms with Crippen molar-refractivity contribution < 1.29 is 0 Å². The summed E-state index contributed by atoms with van der Waals surface area (Å²) in [4.78, 5) is 18.3. The van der Waals surface area contributed by atoms with Gasteiger partial charge in [0.25, 0.3) is 0 Å². The summed E-state index contributed by atoms with van der Waals surface area (Å²) < 4.78 is 0. The number of aromatic nitrogens is 4. The maximum atomic E-state index is 5.35. The fourth-order valence-corrected chi connectivity index (χ4v) is 6.84. The molecule has 0 aliphatic carbocycles. The zero-order valence-electron chi connectivity index (χ0n) is 26.8. The molecule has 5 heterocycles. The molecule has 0 saturated heterocycles. The van der Waals surface area contributed by atoms with E-state index in [0.717, 1.165) is 89.4 Å². The molecule has 232 valence electrons. The summed E-state index contributed by atoms with van der Waals surface area (Å²) in [7, 11) is 0. The molecule has 49 heavy (non-hydrogen) atoms. The van der Waals surface area contributed by atoms with Gasteiger partial charge in [0.05, 0.1) is 22.8 Å². The SMILES string of the molecule is C1=Cc2nc1c(-c1ccccc1)c1ccc([nH]1)c(-c1ccccc1)c1nc(c(-c3ccccc3)c3ccc([nH]3)c2-c2ccccc2)C=C1.[PbH2]. The normalized spacial score (nSPS) is 11.8. The summed E-state index contributed by atoms with van der Waals surface area (Å²) in [6.45, 7) is 0. The van der Waals surface area contributed by atoms with Crippen molar-refractivity contribution in [1.82, 2.24) is 19.9 Å². The van der Waals surface area contributed by atoms with E-state index in [1.54, 1.807) is 0 Å². The molecule has 0 unspecified atom stereocenters. The van der Waals surface area contributed by atoms with E-state index in [2.05, 4.69) is 156 Å². The molecule has 7 aromatic rings. The van der Waals surface area contributed by atoms with Gasteiger partial charge in [-0.2, -0.15) is 0 Å². The van der Waals surface area contributed by atoms with E-state index in [0.29, 0.717) is 0 Å². The predicted molar refractivity (Wildman–Crippen MR) is 209 cm³/mol. The average Bonchev–Trinajstić information content (AvgIpc) is 3.98. The van der Waals surface area contributed by atoms with Crippen molar-refractivity contribution in [3.8, 4) is 44.5 Å². The number of nitrogens with one attached hydrogen (secondary N) is 2. The van der Waals surface area contributed by atoms with Crippen molar-refractivity contribution in [2.24, 2.45) is 0 Å². The zero-order chi connectivity index (χ0) is 31.9. The van der Waals surface area contributed by atoms with E-state index in [1.807, 2.05) is 24.3 Å². The molecule has 0 amide bonds. The van der Waals surface area contributed by atoms with E-state index in [4.69, 9.17) is 9.97 Å². The van der Waals surface area contributed by atoms with Crippen LogP contribution >= 0.6 is 0 Å². The molecule has 8 bridgehead atoms. The summed E-state index contributed by atoms with van der Waals surface area (Å²) in [6, 6.07) is 50.7. The number of hydrogen-bond donors (Lipinski definition) is 2. The van der Waals surface area contributed by atoms with Crippen LogP contribution in [0.25, 0.3) is 90.9 Å². The molecule has 0 atom stereocenters. The van der Waals surface area contributed by atoms with Gasteiger partial charge in [0.1, 0.15) is 0 Å². The van der Waals surface area contributed by atoms with Crippen LogP contribution in [0.15, 0.2) is 146 Å². The predicted octanol–water partition coefficient (Wildman–Crippen LogP) is 10.4. The first kappa shape index (κ1) is 30.7. The van der Waals surface area contributed by atoms with Crippen LogP contribution in [0.2, 0.25) is 0 Å². The fourth-order valence-electron chi connectivity index (χ4n) is 6.84. The number of H-pyrrole nitrogens is 2. The van der Waals surface area contributed by atoms with Gasteiger partial charge >= 0.3 is 27.3 Å². The van der Waals surface area contributed by atoms with Gasteiger partial charge in [-0.25, -0.2) is 9.97 Å². The quantitative estimate of drug-likeness (QED) is 0.174. The third-order valence-electron chi connectivity index (χ3n) is 9.00. The molecule has 0 fully saturated rings. The molecule has 2 N–H and O–H groups in total. The van der Waals surface area contributed by atoms with Gasteiger partial charge in [-0.3, -0.25) is 0 Å². The summed E-state index contributed by atoms with van der Waals surface area (Å²) in [5, 5.41) is 0. The number of hydrogen-bond acceptors (Lipinski definition) is 2. The zero-order valence-corrected chi connectivity index (χ0v) is 32.3. The molecular formula is C44H32N4Pb. The Labute approximate surface area is 304 Å². The second-order valence-corrected chi connectivity index (χ2v) is 12.0. The number of nitrogens with zero attached hydrogens (tertiary/aromatic N) is 2. The monoisotopic (exact) mass is 824 g/mol. The van der Waals surface area contributed by atoms with Gasteiger partial charge in [-0.1, -0.05) is 121 Å². The van der Waals surface area contributed by atoms with Crippen molar-refractivity contribution in [2.45, 2.75) is 0 Å². The Morgan fingerprint density at radius 2 is 0.510 bits per heavy atom. The van der Waals surface area contributed by atoms with Gasteiger partial charge in [0.15, 0.2) is 0 Å². The minimum absolute atomic E-state index is 0. The number of aromatic amines is 2. The topological polar surface area (TPSA) is 57.4 Å². The van der Waals surface area contributed by atoms with Crippen molar-refractivity contribution in [2.75, 3.05) is 0 Å². The molecule has 3 aromatic heterocycles. The minimum atomic E-state index is 0. The first-order valence-corrected chi connectivity index (χ1v) is 16.2. The van der Waals surface area contributed by atoms with E-state index >= 15 is 0 Å². The van der Waals surface area contributed by atoms with Gasteiger partial charge in [-0.15, -0.1) is 0 Å². The van der Waals surface area contributed by atoms with Crippen LogP contribution in [0.5, 0.6) is 0 Å². The third-order valence-corrected chi connectivity index (χ3v) is 9.00. The molecule has 0 spiro atoms. The van der Waals surface area contributed by atoms with Crippen LogP contribution in [0.1, 0.15) is 22.8 Å². The third kappa shape index (κ3) is 5.68. The molecular weight excluding hydrogens is 792 g/mol. The Kier molecular flexibility index (Phi) is 8.23. The molecule has 4 aromatic carbocycles. The average molecular weight is 824 g/mol. The molecule has 2 aliphatic heterocycles. The van der Waals surface area contributed by atoms with E-state index in [-0.39, 0.29) is 27.3 Å². The molecule has 2 aliphatic rings. The standard InChI is InChI=1S/C44H30N4.Pb.2H/c1-5-13-29(14-6-1)41-33-21-23-35(45-33)42(30-15-7-2-8-16-30)37-25-27-39(47-37)44(32-19-11-4-12-20-32)40-28-26-38(48-40)43(31-17-9-3-10-18-31)36-24-22-34(41)46-36;;;/h1-28,45,48H;;;.